The maximum atomic E-state index is 4.04. The fourth-order valence-corrected chi connectivity index (χ4v) is 1.76. The first kappa shape index (κ1) is 4.69. The lowest BCUT2D eigenvalue weighted by molar-refractivity contribution is 0.613. The number of rotatable bonds is 0. The van der Waals surface area contributed by atoms with Gasteiger partial charge in [-0.2, -0.15) is 9.50 Å². The van der Waals surface area contributed by atoms with Crippen molar-refractivity contribution in [1.82, 2.24) is 5.01 Å². The van der Waals surface area contributed by atoms with Gasteiger partial charge in [0.15, 0.2) is 11.0 Å². The number of hydrogen-bond acceptors (Lipinski definition) is 5. The minimum absolute atomic E-state index is 0.968. The molecule has 2 aliphatic heterocycles. The molecule has 0 amide bonds. The zero-order valence-corrected chi connectivity index (χ0v) is 5.45. The van der Waals surface area contributed by atoms with E-state index < -0.39 is 0 Å². The van der Waals surface area contributed by atoms with Gasteiger partial charge in [-0.3, -0.25) is 0 Å². The van der Waals surface area contributed by atoms with Crippen LogP contribution in [0.1, 0.15) is 0 Å². The van der Waals surface area contributed by atoms with Gasteiger partial charge in [-0.1, -0.05) is 0 Å². The minimum Gasteiger partial charge on any atom is -0.223 e. The molecule has 0 bridgehead atoms. The third-order valence-corrected chi connectivity index (χ3v) is 2.18. The summed E-state index contributed by atoms with van der Waals surface area (Å²) >= 11 is 2.97. The third kappa shape index (κ3) is 0.545. The predicted octanol–water partition coefficient (Wildman–Crippen LogP) is 1.12. The van der Waals surface area contributed by atoms with Crippen LogP contribution in [0.4, 0.5) is 0 Å². The number of amidine groups is 1. The van der Waals surface area contributed by atoms with Crippen LogP contribution >= 0.6 is 23.7 Å². The smallest absolute Gasteiger partial charge is 0.198 e. The summed E-state index contributed by atoms with van der Waals surface area (Å²) < 4.78 is 4.04. The normalized spacial score (nSPS) is 24.0. The highest BCUT2D eigenvalue weighted by Crippen LogP contribution is 2.29. The van der Waals surface area contributed by atoms with E-state index in [0.717, 1.165) is 5.17 Å². The lowest BCUT2D eigenvalue weighted by Crippen LogP contribution is -2.08. The van der Waals surface area contributed by atoms with E-state index in [1.807, 2.05) is 5.88 Å². The molecule has 0 saturated heterocycles. The van der Waals surface area contributed by atoms with Crippen molar-refractivity contribution in [2.75, 3.05) is 0 Å². The molecule has 5 heteroatoms. The Labute approximate surface area is 55.4 Å². The molecular formula is C3H2N3S2. The topological polar surface area (TPSA) is 28.0 Å². The Morgan fingerprint density at radius 2 is 2.62 bits per heavy atom. The van der Waals surface area contributed by atoms with Crippen LogP contribution in [0.2, 0.25) is 0 Å². The molecule has 2 rings (SSSR count). The fraction of sp³-hybridized carbons (Fsp3) is 0. The van der Waals surface area contributed by atoms with Crippen molar-refractivity contribution in [3.05, 3.63) is 5.88 Å². The van der Waals surface area contributed by atoms with Gasteiger partial charge in [0, 0.05) is 11.9 Å². The van der Waals surface area contributed by atoms with Crippen molar-refractivity contribution in [1.29, 1.82) is 0 Å². The fourth-order valence-electron chi connectivity index (χ4n) is 0.474. The van der Waals surface area contributed by atoms with Crippen LogP contribution in [0, 0.1) is 5.88 Å². The monoisotopic (exact) mass is 144 g/mol. The molecule has 1 radical (unpaired) electrons. The van der Waals surface area contributed by atoms with Crippen LogP contribution in [0.25, 0.3) is 0 Å². The summed E-state index contributed by atoms with van der Waals surface area (Å²) in [6.45, 7) is 0. The SMILES string of the molecule is [CH]1SN=C2SC=NN12. The summed E-state index contributed by atoms with van der Waals surface area (Å²) in [4.78, 5) is 0. The van der Waals surface area contributed by atoms with E-state index in [4.69, 9.17) is 0 Å². The van der Waals surface area contributed by atoms with Crippen LogP contribution in [-0.2, 0) is 0 Å². The molecule has 0 saturated carbocycles. The molecule has 2 aliphatic rings. The maximum Gasteiger partial charge on any atom is 0.198 e. The van der Waals surface area contributed by atoms with Crippen LogP contribution in [-0.4, -0.2) is 15.7 Å². The Balaban J connectivity index is 2.28. The van der Waals surface area contributed by atoms with E-state index in [-0.39, 0.29) is 0 Å². The van der Waals surface area contributed by atoms with Crippen molar-refractivity contribution in [2.45, 2.75) is 0 Å². The summed E-state index contributed by atoms with van der Waals surface area (Å²) in [6, 6.07) is 0. The van der Waals surface area contributed by atoms with Crippen molar-refractivity contribution in [2.24, 2.45) is 9.50 Å². The van der Waals surface area contributed by atoms with Crippen molar-refractivity contribution >= 4 is 34.4 Å². The zero-order chi connectivity index (χ0) is 5.40. The van der Waals surface area contributed by atoms with Crippen molar-refractivity contribution < 1.29 is 0 Å². The van der Waals surface area contributed by atoms with Gasteiger partial charge in [-0.05, 0) is 11.8 Å². The minimum atomic E-state index is 0.968. The Bertz CT molecular complexity index is 164. The Kier molecular flexibility index (Phi) is 0.976. The Morgan fingerprint density at radius 1 is 1.62 bits per heavy atom. The summed E-state index contributed by atoms with van der Waals surface area (Å²) in [6.07, 6.45) is 0. The predicted molar refractivity (Wildman–Crippen MR) is 37.2 cm³/mol. The second kappa shape index (κ2) is 1.66. The summed E-state index contributed by atoms with van der Waals surface area (Å²) in [5, 5.41) is 6.69. The molecule has 0 spiro atoms. The molecule has 0 aromatic carbocycles. The average molecular weight is 144 g/mol. The number of hydrazone groups is 1. The van der Waals surface area contributed by atoms with Gasteiger partial charge >= 0.3 is 0 Å². The first-order valence-electron chi connectivity index (χ1n) is 2.02. The highest BCUT2D eigenvalue weighted by Gasteiger charge is 2.21. The Morgan fingerprint density at radius 3 is 3.50 bits per heavy atom. The van der Waals surface area contributed by atoms with E-state index >= 15 is 0 Å². The number of thioether (sulfide) groups is 1. The summed E-state index contributed by atoms with van der Waals surface area (Å²) in [5.41, 5.74) is 1.77. The second-order valence-corrected chi connectivity index (χ2v) is 2.68. The van der Waals surface area contributed by atoms with Gasteiger partial charge in [-0.15, -0.1) is 0 Å². The average Bonchev–Trinajstić information content (AvgIpc) is 2.15. The molecule has 0 aromatic heterocycles. The maximum absolute atomic E-state index is 4.04. The van der Waals surface area contributed by atoms with E-state index in [1.165, 1.54) is 11.9 Å². The lowest BCUT2D eigenvalue weighted by atomic mass is 11.1. The van der Waals surface area contributed by atoms with Gasteiger partial charge in [0.05, 0.1) is 5.55 Å². The van der Waals surface area contributed by atoms with Crippen LogP contribution < -0.4 is 0 Å². The molecule has 2 heterocycles. The molecular weight excluding hydrogens is 142 g/mol. The first-order chi connectivity index (χ1) is 3.97. The molecule has 0 aliphatic carbocycles. The number of nitrogens with zero attached hydrogens (tertiary/aromatic N) is 3. The van der Waals surface area contributed by atoms with Gasteiger partial charge in [-0.25, -0.2) is 5.01 Å². The largest absolute Gasteiger partial charge is 0.223 e. The van der Waals surface area contributed by atoms with Gasteiger partial charge in [0.1, 0.15) is 0 Å². The van der Waals surface area contributed by atoms with Crippen LogP contribution in [0.3, 0.4) is 0 Å². The molecule has 41 valence electrons. The number of hydrogen-bond donors (Lipinski definition) is 0. The highest BCUT2D eigenvalue weighted by atomic mass is 32.2. The summed E-state index contributed by atoms with van der Waals surface area (Å²) in [5.74, 6) is 1.87. The third-order valence-electron chi connectivity index (χ3n) is 0.803. The molecule has 8 heavy (non-hydrogen) atoms. The van der Waals surface area contributed by atoms with Crippen molar-refractivity contribution in [3.63, 3.8) is 0 Å². The Hall–Kier alpha value is -0.160. The van der Waals surface area contributed by atoms with E-state index in [1.54, 1.807) is 22.3 Å². The quantitative estimate of drug-likeness (QED) is 0.477. The van der Waals surface area contributed by atoms with E-state index in [2.05, 4.69) is 9.50 Å². The standard InChI is InChI=1S/C3H2N3S2/c1-4-6-2-8-5-3(6)7-1/h1-2H. The lowest BCUT2D eigenvalue weighted by Gasteiger charge is -1.99. The first-order valence-corrected chi connectivity index (χ1v) is 3.74. The molecule has 0 unspecified atom stereocenters. The van der Waals surface area contributed by atoms with E-state index in [0.29, 0.717) is 0 Å². The molecule has 0 atom stereocenters. The zero-order valence-electron chi connectivity index (χ0n) is 3.81. The molecule has 3 nitrogen and oxygen atoms in total. The highest BCUT2D eigenvalue weighted by molar-refractivity contribution is 8.26. The van der Waals surface area contributed by atoms with Crippen LogP contribution in [0.5, 0.6) is 0 Å². The molecule has 0 aromatic rings. The number of fused-ring (bicyclic) bond motifs is 1. The van der Waals surface area contributed by atoms with Crippen molar-refractivity contribution in [3.8, 4) is 0 Å². The van der Waals surface area contributed by atoms with Gasteiger partial charge in [0.25, 0.3) is 0 Å². The van der Waals surface area contributed by atoms with Gasteiger partial charge < -0.3 is 0 Å². The summed E-state index contributed by atoms with van der Waals surface area (Å²) in [7, 11) is 0. The van der Waals surface area contributed by atoms with E-state index in [9.17, 15) is 0 Å². The molecule has 0 N–H and O–H groups in total. The van der Waals surface area contributed by atoms with Crippen LogP contribution in [0.15, 0.2) is 9.50 Å². The van der Waals surface area contributed by atoms with Gasteiger partial charge in [0.2, 0.25) is 0 Å². The molecule has 0 fully saturated rings. The second-order valence-electron chi connectivity index (χ2n) is 1.27.